The van der Waals surface area contributed by atoms with Crippen molar-refractivity contribution in [2.45, 2.75) is 6.92 Å². The van der Waals surface area contributed by atoms with Crippen LogP contribution in [0.2, 0.25) is 0 Å². The van der Waals surface area contributed by atoms with Crippen molar-refractivity contribution in [3.8, 4) is 23.7 Å². The Morgan fingerprint density at radius 3 is 2.64 bits per heavy atom. The second kappa shape index (κ2) is 5.27. The molecule has 0 saturated carbocycles. The first-order valence-corrected chi connectivity index (χ1v) is 4.76. The second-order valence-electron chi connectivity index (χ2n) is 2.43. The molecule has 0 N–H and O–H groups in total. The normalized spacial score (nSPS) is 7.86. The first-order chi connectivity index (χ1) is 6.74. The van der Waals surface area contributed by atoms with Gasteiger partial charge in [0.15, 0.2) is 0 Å². The van der Waals surface area contributed by atoms with Crippen LogP contribution < -0.4 is 0 Å². The van der Waals surface area contributed by atoms with Crippen LogP contribution >= 0.6 is 15.9 Å². The molecule has 0 unspecified atom stereocenters. The molecule has 1 aromatic rings. The number of ketones is 1. The van der Waals surface area contributed by atoms with E-state index in [0.717, 1.165) is 10.0 Å². The van der Waals surface area contributed by atoms with Gasteiger partial charge in [-0.1, -0.05) is 24.0 Å². The van der Waals surface area contributed by atoms with Crippen molar-refractivity contribution in [3.63, 3.8) is 0 Å². The summed E-state index contributed by atoms with van der Waals surface area (Å²) in [5.41, 5.74) is 0.791. The molecular formula is C12H7BrO. The fraction of sp³-hybridized carbons (Fsp3) is 0.0833. The molecule has 0 saturated heterocycles. The van der Waals surface area contributed by atoms with Gasteiger partial charge in [0.1, 0.15) is 0 Å². The van der Waals surface area contributed by atoms with Crippen LogP contribution in [0, 0.1) is 23.7 Å². The number of Topliss-reactive ketones (excluding diaryl/α,β-unsaturated/α-hetero) is 1. The van der Waals surface area contributed by atoms with Gasteiger partial charge in [0.2, 0.25) is 0 Å². The van der Waals surface area contributed by atoms with Crippen molar-refractivity contribution in [2.24, 2.45) is 0 Å². The summed E-state index contributed by atoms with van der Waals surface area (Å²) in [5, 5.41) is 0. The quantitative estimate of drug-likeness (QED) is 0.508. The highest BCUT2D eigenvalue weighted by molar-refractivity contribution is 9.10. The summed E-state index contributed by atoms with van der Waals surface area (Å²) in [7, 11) is 0. The predicted octanol–water partition coefficient (Wildman–Crippen LogP) is 2.39. The van der Waals surface area contributed by atoms with Crippen LogP contribution in [-0.2, 0) is 4.79 Å². The molecule has 0 bridgehead atoms. The smallest absolute Gasteiger partial charge is 0.270 e. The minimum Gasteiger partial charge on any atom is -0.270 e. The third-order valence-electron chi connectivity index (χ3n) is 1.42. The van der Waals surface area contributed by atoms with Crippen LogP contribution in [0.3, 0.4) is 0 Å². The SMILES string of the molecule is CC#CC(=O)C#Cc1ccccc1Br. The summed E-state index contributed by atoms with van der Waals surface area (Å²) in [6, 6.07) is 7.47. The molecule has 0 aliphatic rings. The highest BCUT2D eigenvalue weighted by Gasteiger charge is 1.93. The van der Waals surface area contributed by atoms with E-state index in [0.29, 0.717) is 0 Å². The number of benzene rings is 1. The lowest BCUT2D eigenvalue weighted by atomic mass is 10.2. The minimum atomic E-state index is -0.358. The molecule has 0 amide bonds. The van der Waals surface area contributed by atoms with Crippen LogP contribution in [0.25, 0.3) is 0 Å². The third kappa shape index (κ3) is 3.09. The topological polar surface area (TPSA) is 17.1 Å². The summed E-state index contributed by atoms with van der Waals surface area (Å²) in [4.78, 5) is 11.0. The van der Waals surface area contributed by atoms with E-state index in [4.69, 9.17) is 0 Å². The molecule has 14 heavy (non-hydrogen) atoms. The van der Waals surface area contributed by atoms with Gasteiger partial charge in [-0.3, -0.25) is 4.79 Å². The van der Waals surface area contributed by atoms with Gasteiger partial charge in [0.25, 0.3) is 5.78 Å². The van der Waals surface area contributed by atoms with Crippen LogP contribution in [0.5, 0.6) is 0 Å². The van der Waals surface area contributed by atoms with Crippen molar-refractivity contribution in [2.75, 3.05) is 0 Å². The molecule has 2 heteroatoms. The Balaban J connectivity index is 2.92. The Bertz CT molecular complexity index is 466. The van der Waals surface area contributed by atoms with E-state index in [-0.39, 0.29) is 5.78 Å². The number of carbonyl (C=O) groups is 1. The van der Waals surface area contributed by atoms with Crippen LogP contribution in [0.15, 0.2) is 28.7 Å². The second-order valence-corrected chi connectivity index (χ2v) is 3.29. The number of hydrogen-bond donors (Lipinski definition) is 0. The van der Waals surface area contributed by atoms with Gasteiger partial charge in [0, 0.05) is 10.0 Å². The maximum absolute atomic E-state index is 11.0. The summed E-state index contributed by atoms with van der Waals surface area (Å²) < 4.78 is 0.879. The third-order valence-corrected chi connectivity index (χ3v) is 2.11. The van der Waals surface area contributed by atoms with Gasteiger partial charge in [-0.15, -0.1) is 0 Å². The molecule has 0 spiro atoms. The maximum atomic E-state index is 11.0. The van der Waals surface area contributed by atoms with Crippen molar-refractivity contribution in [1.82, 2.24) is 0 Å². The van der Waals surface area contributed by atoms with Gasteiger partial charge in [-0.2, -0.15) is 0 Å². The van der Waals surface area contributed by atoms with Gasteiger partial charge >= 0.3 is 0 Å². The van der Waals surface area contributed by atoms with E-state index < -0.39 is 0 Å². The molecule has 1 aromatic carbocycles. The Morgan fingerprint density at radius 2 is 2.00 bits per heavy atom. The first-order valence-electron chi connectivity index (χ1n) is 3.97. The van der Waals surface area contributed by atoms with E-state index >= 15 is 0 Å². The van der Waals surface area contributed by atoms with Crippen molar-refractivity contribution < 1.29 is 4.79 Å². The van der Waals surface area contributed by atoms with Crippen LogP contribution in [-0.4, -0.2) is 5.78 Å². The summed E-state index contributed by atoms with van der Waals surface area (Å²) in [6.45, 7) is 1.61. The average Bonchev–Trinajstić information content (AvgIpc) is 2.17. The van der Waals surface area contributed by atoms with E-state index in [1.165, 1.54) is 0 Å². The molecule has 0 aromatic heterocycles. The lowest BCUT2D eigenvalue weighted by Crippen LogP contribution is -1.86. The molecule has 0 radical (unpaired) electrons. The van der Waals surface area contributed by atoms with E-state index in [2.05, 4.69) is 39.6 Å². The van der Waals surface area contributed by atoms with Crippen molar-refractivity contribution >= 4 is 21.7 Å². The zero-order chi connectivity index (χ0) is 10.4. The largest absolute Gasteiger partial charge is 0.279 e. The van der Waals surface area contributed by atoms with Crippen molar-refractivity contribution in [1.29, 1.82) is 0 Å². The molecular weight excluding hydrogens is 240 g/mol. The van der Waals surface area contributed by atoms with Gasteiger partial charge in [0.05, 0.1) is 0 Å². The van der Waals surface area contributed by atoms with E-state index in [9.17, 15) is 4.79 Å². The monoisotopic (exact) mass is 246 g/mol. The highest BCUT2D eigenvalue weighted by atomic mass is 79.9. The van der Waals surface area contributed by atoms with Crippen molar-refractivity contribution in [3.05, 3.63) is 34.3 Å². The van der Waals surface area contributed by atoms with Crippen LogP contribution in [0.4, 0.5) is 0 Å². The van der Waals surface area contributed by atoms with Crippen LogP contribution in [0.1, 0.15) is 12.5 Å². The Hall–Kier alpha value is -1.51. The molecule has 0 atom stereocenters. The Labute approximate surface area is 91.6 Å². The van der Waals surface area contributed by atoms with E-state index in [1.54, 1.807) is 6.92 Å². The van der Waals surface area contributed by atoms with Gasteiger partial charge in [-0.05, 0) is 46.8 Å². The standard InChI is InChI=1S/C12H7BrO/c1-2-5-11(14)9-8-10-6-3-4-7-12(10)13/h3-4,6-7H,1H3. The Morgan fingerprint density at radius 1 is 1.29 bits per heavy atom. The predicted molar refractivity (Wildman–Crippen MR) is 59.5 cm³/mol. The highest BCUT2D eigenvalue weighted by Crippen LogP contribution is 2.13. The first kappa shape index (κ1) is 10.6. The molecule has 0 aliphatic heterocycles. The van der Waals surface area contributed by atoms with E-state index in [1.807, 2.05) is 24.3 Å². The number of rotatable bonds is 0. The molecule has 0 heterocycles. The zero-order valence-electron chi connectivity index (χ0n) is 7.60. The Kier molecular flexibility index (Phi) is 3.98. The summed E-state index contributed by atoms with van der Waals surface area (Å²) in [6.07, 6.45) is 0. The lowest BCUT2D eigenvalue weighted by molar-refractivity contribution is -0.108. The lowest BCUT2D eigenvalue weighted by Gasteiger charge is -1.91. The molecule has 68 valence electrons. The molecule has 1 nitrogen and oxygen atoms in total. The zero-order valence-corrected chi connectivity index (χ0v) is 9.18. The molecule has 1 rings (SSSR count). The molecule has 0 aliphatic carbocycles. The fourth-order valence-electron chi connectivity index (χ4n) is 0.831. The fourth-order valence-corrected chi connectivity index (χ4v) is 1.22. The molecule has 0 fully saturated rings. The number of halogens is 1. The maximum Gasteiger partial charge on any atom is 0.279 e. The van der Waals surface area contributed by atoms with Gasteiger partial charge < -0.3 is 0 Å². The summed E-state index contributed by atoms with van der Waals surface area (Å²) in [5.74, 6) is 9.70. The number of carbonyl (C=O) groups excluding carboxylic acids is 1. The summed E-state index contributed by atoms with van der Waals surface area (Å²) >= 11 is 3.34. The minimum absolute atomic E-state index is 0.358. The average molecular weight is 247 g/mol. The van der Waals surface area contributed by atoms with Gasteiger partial charge in [-0.25, -0.2) is 0 Å². The number of hydrogen-bond acceptors (Lipinski definition) is 1.